The third-order valence-electron chi connectivity index (χ3n) is 4.85. The lowest BCUT2D eigenvalue weighted by molar-refractivity contribution is 0.327. The van der Waals surface area contributed by atoms with Gasteiger partial charge in [-0.25, -0.2) is 0 Å². The van der Waals surface area contributed by atoms with Crippen LogP contribution in [0.25, 0.3) is 0 Å². The Labute approximate surface area is 166 Å². The lowest BCUT2D eigenvalue weighted by atomic mass is 10.0. The highest BCUT2D eigenvalue weighted by molar-refractivity contribution is 5.42. The van der Waals surface area contributed by atoms with Crippen molar-refractivity contribution in [2.45, 2.75) is 104 Å². The Bertz CT molecular complexity index is 468. The van der Waals surface area contributed by atoms with E-state index in [-0.39, 0.29) is 5.95 Å². The second-order valence-electron chi connectivity index (χ2n) is 7.41. The van der Waals surface area contributed by atoms with Gasteiger partial charge in [0.25, 0.3) is 0 Å². The van der Waals surface area contributed by atoms with E-state index in [2.05, 4.69) is 22.2 Å². The number of nitrogen functional groups attached to an aromatic ring is 1. The molecule has 0 amide bonds. The van der Waals surface area contributed by atoms with E-state index < -0.39 is 0 Å². The molecule has 27 heavy (non-hydrogen) atoms. The van der Waals surface area contributed by atoms with Crippen LogP contribution in [-0.4, -0.2) is 23.1 Å². The molecule has 0 aliphatic heterocycles. The van der Waals surface area contributed by atoms with Crippen molar-refractivity contribution in [2.24, 2.45) is 0 Å². The number of rotatable bonds is 18. The quantitative estimate of drug-likeness (QED) is 0.291. The van der Waals surface area contributed by atoms with Gasteiger partial charge in [-0.2, -0.15) is 9.97 Å². The first kappa shape index (κ1) is 23.5. The SMILES string of the molecule is CCCCCCCCCCCCCCCCNc1cc(OCC)nc(N)n1. The van der Waals surface area contributed by atoms with Gasteiger partial charge in [0, 0.05) is 12.6 Å². The molecular weight excluding hydrogens is 336 g/mol. The minimum absolute atomic E-state index is 0.254. The molecule has 156 valence electrons. The van der Waals surface area contributed by atoms with Gasteiger partial charge in [0.1, 0.15) is 5.82 Å². The van der Waals surface area contributed by atoms with Gasteiger partial charge in [0.2, 0.25) is 11.8 Å². The minimum Gasteiger partial charge on any atom is -0.478 e. The van der Waals surface area contributed by atoms with E-state index in [0.717, 1.165) is 18.8 Å². The van der Waals surface area contributed by atoms with Crippen molar-refractivity contribution in [3.05, 3.63) is 6.07 Å². The van der Waals surface area contributed by atoms with Gasteiger partial charge in [-0.1, -0.05) is 90.4 Å². The van der Waals surface area contributed by atoms with E-state index in [1.54, 1.807) is 0 Å². The van der Waals surface area contributed by atoms with Gasteiger partial charge in [-0.3, -0.25) is 0 Å². The molecule has 0 aliphatic rings. The molecular formula is C22H42N4O. The van der Waals surface area contributed by atoms with Crippen LogP contribution >= 0.6 is 0 Å². The van der Waals surface area contributed by atoms with Crippen molar-refractivity contribution in [2.75, 3.05) is 24.2 Å². The number of hydrogen-bond donors (Lipinski definition) is 2. The number of unbranched alkanes of at least 4 members (excludes halogenated alkanes) is 13. The number of anilines is 2. The highest BCUT2D eigenvalue weighted by Crippen LogP contribution is 2.15. The summed E-state index contributed by atoms with van der Waals surface area (Å²) >= 11 is 0. The van der Waals surface area contributed by atoms with E-state index in [1.165, 1.54) is 83.5 Å². The molecule has 5 heteroatoms. The molecule has 0 radical (unpaired) electrons. The lowest BCUT2D eigenvalue weighted by Gasteiger charge is -2.08. The van der Waals surface area contributed by atoms with Crippen molar-refractivity contribution in [3.63, 3.8) is 0 Å². The average molecular weight is 379 g/mol. The van der Waals surface area contributed by atoms with Crippen molar-refractivity contribution in [1.82, 2.24) is 9.97 Å². The van der Waals surface area contributed by atoms with Crippen LogP contribution in [-0.2, 0) is 0 Å². The molecule has 0 bridgehead atoms. The highest BCUT2D eigenvalue weighted by Gasteiger charge is 2.02. The summed E-state index contributed by atoms with van der Waals surface area (Å²) in [4.78, 5) is 8.24. The van der Waals surface area contributed by atoms with Crippen LogP contribution in [0.15, 0.2) is 6.07 Å². The summed E-state index contributed by atoms with van der Waals surface area (Å²) in [5.74, 6) is 1.54. The van der Waals surface area contributed by atoms with Crippen LogP contribution in [0.5, 0.6) is 5.88 Å². The van der Waals surface area contributed by atoms with Crippen LogP contribution in [0, 0.1) is 0 Å². The van der Waals surface area contributed by atoms with Gasteiger partial charge in [0.05, 0.1) is 6.61 Å². The summed E-state index contributed by atoms with van der Waals surface area (Å²) in [6.07, 6.45) is 19.3. The monoisotopic (exact) mass is 378 g/mol. The maximum atomic E-state index is 5.70. The fourth-order valence-electron chi connectivity index (χ4n) is 3.29. The maximum absolute atomic E-state index is 5.70. The van der Waals surface area contributed by atoms with Crippen molar-refractivity contribution >= 4 is 11.8 Å². The zero-order valence-electron chi connectivity index (χ0n) is 17.8. The number of nitrogens with two attached hydrogens (primary N) is 1. The Balaban J connectivity index is 1.89. The lowest BCUT2D eigenvalue weighted by Crippen LogP contribution is -2.07. The zero-order chi connectivity index (χ0) is 19.6. The second-order valence-corrected chi connectivity index (χ2v) is 7.41. The topological polar surface area (TPSA) is 73.1 Å². The third kappa shape index (κ3) is 13.3. The van der Waals surface area contributed by atoms with Gasteiger partial charge in [-0.05, 0) is 13.3 Å². The fourth-order valence-corrected chi connectivity index (χ4v) is 3.29. The fraction of sp³-hybridized carbons (Fsp3) is 0.818. The molecule has 0 aromatic carbocycles. The first-order valence-electron chi connectivity index (χ1n) is 11.3. The van der Waals surface area contributed by atoms with Gasteiger partial charge >= 0.3 is 0 Å². The Morgan fingerprint density at radius 3 is 1.81 bits per heavy atom. The van der Waals surface area contributed by atoms with Crippen LogP contribution < -0.4 is 15.8 Å². The smallest absolute Gasteiger partial charge is 0.225 e. The van der Waals surface area contributed by atoms with E-state index in [1.807, 2.05) is 13.0 Å². The Morgan fingerprint density at radius 2 is 1.30 bits per heavy atom. The van der Waals surface area contributed by atoms with Crippen molar-refractivity contribution in [1.29, 1.82) is 0 Å². The summed E-state index contributed by atoms with van der Waals surface area (Å²) < 4.78 is 5.38. The van der Waals surface area contributed by atoms with Gasteiger partial charge in [-0.15, -0.1) is 0 Å². The molecule has 0 saturated heterocycles. The number of nitrogens with one attached hydrogen (secondary N) is 1. The third-order valence-corrected chi connectivity index (χ3v) is 4.85. The summed E-state index contributed by atoms with van der Waals surface area (Å²) in [5, 5.41) is 3.32. The number of nitrogens with zero attached hydrogens (tertiary/aromatic N) is 2. The first-order chi connectivity index (χ1) is 13.3. The van der Waals surface area contributed by atoms with Gasteiger partial charge in [0.15, 0.2) is 0 Å². The molecule has 1 rings (SSSR count). The number of ether oxygens (including phenoxy) is 1. The summed E-state index contributed by atoms with van der Waals surface area (Å²) in [5.41, 5.74) is 5.70. The number of aromatic nitrogens is 2. The number of hydrogen-bond acceptors (Lipinski definition) is 5. The van der Waals surface area contributed by atoms with Gasteiger partial charge < -0.3 is 15.8 Å². The standard InChI is InChI=1S/C22H42N4O/c1-3-5-6-7-8-9-10-11-12-13-14-15-16-17-18-24-20-19-21(27-4-2)26-22(23)25-20/h19H,3-18H2,1-2H3,(H3,23,24,25,26). The van der Waals surface area contributed by atoms with Crippen LogP contribution in [0.3, 0.4) is 0 Å². The molecule has 1 aromatic heterocycles. The first-order valence-corrected chi connectivity index (χ1v) is 11.3. The molecule has 1 heterocycles. The Kier molecular flexibility index (Phi) is 14.5. The molecule has 5 nitrogen and oxygen atoms in total. The van der Waals surface area contributed by atoms with Crippen LogP contribution in [0.1, 0.15) is 104 Å². The predicted octanol–water partition coefficient (Wildman–Crippen LogP) is 6.35. The van der Waals surface area contributed by atoms with Crippen molar-refractivity contribution in [3.8, 4) is 5.88 Å². The van der Waals surface area contributed by atoms with Crippen molar-refractivity contribution < 1.29 is 4.74 Å². The Morgan fingerprint density at radius 1 is 0.778 bits per heavy atom. The van der Waals surface area contributed by atoms with E-state index in [0.29, 0.717) is 12.5 Å². The summed E-state index contributed by atoms with van der Waals surface area (Å²) in [7, 11) is 0. The molecule has 0 aliphatic carbocycles. The van der Waals surface area contributed by atoms with Crippen LogP contribution in [0.4, 0.5) is 11.8 Å². The second kappa shape index (κ2) is 16.6. The van der Waals surface area contributed by atoms with Crippen LogP contribution in [0.2, 0.25) is 0 Å². The molecule has 0 atom stereocenters. The van der Waals surface area contributed by atoms with E-state index in [4.69, 9.17) is 10.5 Å². The molecule has 0 saturated carbocycles. The largest absolute Gasteiger partial charge is 0.478 e. The normalized spacial score (nSPS) is 10.9. The predicted molar refractivity (Wildman–Crippen MR) is 116 cm³/mol. The highest BCUT2D eigenvalue weighted by atomic mass is 16.5. The minimum atomic E-state index is 0.254. The average Bonchev–Trinajstić information content (AvgIpc) is 2.65. The molecule has 3 N–H and O–H groups in total. The maximum Gasteiger partial charge on any atom is 0.225 e. The molecule has 0 unspecified atom stereocenters. The Hall–Kier alpha value is -1.52. The summed E-state index contributed by atoms with van der Waals surface area (Å²) in [6.45, 7) is 5.71. The summed E-state index contributed by atoms with van der Waals surface area (Å²) in [6, 6.07) is 1.81. The van der Waals surface area contributed by atoms with E-state index in [9.17, 15) is 0 Å². The molecule has 0 fully saturated rings. The molecule has 1 aromatic rings. The molecule has 0 spiro atoms. The zero-order valence-corrected chi connectivity index (χ0v) is 17.8. The van der Waals surface area contributed by atoms with E-state index >= 15 is 0 Å².